The molecule has 0 radical (unpaired) electrons. The van der Waals surface area contributed by atoms with Crippen molar-refractivity contribution >= 4 is 5.78 Å². The number of ketones is 1. The molecule has 1 aromatic carbocycles. The first-order valence-electron chi connectivity index (χ1n) is 6.52. The van der Waals surface area contributed by atoms with Crippen LogP contribution in [0, 0.1) is 5.92 Å². The van der Waals surface area contributed by atoms with Crippen LogP contribution in [-0.4, -0.2) is 5.78 Å². The molecular weight excluding hydrogens is 208 g/mol. The van der Waals surface area contributed by atoms with Crippen LogP contribution in [0.1, 0.15) is 74.9 Å². The molecule has 0 saturated carbocycles. The Morgan fingerprint density at radius 2 is 1.41 bits per heavy atom. The summed E-state index contributed by atoms with van der Waals surface area (Å²) in [5.41, 5.74) is 3.53. The average Bonchev–Trinajstić information content (AvgIpc) is 2.26. The van der Waals surface area contributed by atoms with Crippen LogP contribution >= 0.6 is 0 Å². The highest BCUT2D eigenvalue weighted by molar-refractivity contribution is 5.97. The number of benzene rings is 1. The first-order valence-corrected chi connectivity index (χ1v) is 6.52. The van der Waals surface area contributed by atoms with Gasteiger partial charge in [-0.15, -0.1) is 0 Å². The molecule has 0 unspecified atom stereocenters. The monoisotopic (exact) mass is 232 g/mol. The van der Waals surface area contributed by atoms with E-state index in [1.807, 2.05) is 19.9 Å². The molecule has 0 spiro atoms. The largest absolute Gasteiger partial charge is 0.294 e. The lowest BCUT2D eigenvalue weighted by molar-refractivity contribution is 0.0939. The standard InChI is InChI=1S/C16H24O/c1-10(2)14-8-7-13(16(17)12(5)6)9-15(14)11(3)4/h7-12H,1-6H3. The summed E-state index contributed by atoms with van der Waals surface area (Å²) in [5.74, 6) is 1.28. The van der Waals surface area contributed by atoms with Crippen LogP contribution in [0.3, 0.4) is 0 Å². The zero-order valence-electron chi connectivity index (χ0n) is 11.9. The Hall–Kier alpha value is -1.11. The smallest absolute Gasteiger partial charge is 0.165 e. The molecule has 0 heterocycles. The van der Waals surface area contributed by atoms with Crippen molar-refractivity contribution in [1.82, 2.24) is 0 Å². The second-order valence-electron chi connectivity index (χ2n) is 5.67. The molecule has 0 aromatic heterocycles. The first-order chi connectivity index (χ1) is 7.84. The summed E-state index contributed by atoms with van der Waals surface area (Å²) < 4.78 is 0. The summed E-state index contributed by atoms with van der Waals surface area (Å²) in [6, 6.07) is 6.18. The third kappa shape index (κ3) is 3.18. The second kappa shape index (κ2) is 5.48. The van der Waals surface area contributed by atoms with Gasteiger partial charge in [0.2, 0.25) is 0 Å². The predicted octanol–water partition coefficient (Wildman–Crippen LogP) is 4.77. The van der Waals surface area contributed by atoms with Crippen LogP contribution in [0.4, 0.5) is 0 Å². The zero-order valence-corrected chi connectivity index (χ0v) is 11.9. The zero-order chi connectivity index (χ0) is 13.2. The maximum atomic E-state index is 12.0. The predicted molar refractivity (Wildman–Crippen MR) is 73.8 cm³/mol. The molecule has 1 rings (SSSR count). The van der Waals surface area contributed by atoms with E-state index in [0.717, 1.165) is 5.56 Å². The van der Waals surface area contributed by atoms with Gasteiger partial charge in [0.15, 0.2) is 5.78 Å². The minimum Gasteiger partial charge on any atom is -0.294 e. The Bertz CT molecular complexity index is 400. The SMILES string of the molecule is CC(C)C(=O)c1ccc(C(C)C)c(C(C)C)c1. The topological polar surface area (TPSA) is 17.1 Å². The summed E-state index contributed by atoms with van der Waals surface area (Å²) >= 11 is 0. The molecule has 0 aliphatic rings. The van der Waals surface area contributed by atoms with E-state index in [1.54, 1.807) is 0 Å². The minimum atomic E-state index is 0.0694. The molecule has 1 aromatic rings. The van der Waals surface area contributed by atoms with Gasteiger partial charge in [0.25, 0.3) is 0 Å². The van der Waals surface area contributed by atoms with Gasteiger partial charge >= 0.3 is 0 Å². The molecule has 0 N–H and O–H groups in total. The van der Waals surface area contributed by atoms with E-state index in [1.165, 1.54) is 11.1 Å². The van der Waals surface area contributed by atoms with E-state index >= 15 is 0 Å². The molecule has 0 amide bonds. The molecule has 17 heavy (non-hydrogen) atoms. The van der Waals surface area contributed by atoms with Crippen LogP contribution in [0.15, 0.2) is 18.2 Å². The van der Waals surface area contributed by atoms with Gasteiger partial charge in [0.1, 0.15) is 0 Å². The molecule has 94 valence electrons. The van der Waals surface area contributed by atoms with Gasteiger partial charge in [-0.05, 0) is 29.0 Å². The van der Waals surface area contributed by atoms with E-state index < -0.39 is 0 Å². The van der Waals surface area contributed by atoms with Crippen LogP contribution in [0.25, 0.3) is 0 Å². The molecule has 0 saturated heterocycles. The summed E-state index contributed by atoms with van der Waals surface area (Å²) in [4.78, 5) is 12.0. The number of Topliss-reactive ketones (excluding diaryl/α,β-unsaturated/α-hetero) is 1. The molecule has 0 aliphatic carbocycles. The van der Waals surface area contributed by atoms with Gasteiger partial charge in [0, 0.05) is 11.5 Å². The fourth-order valence-corrected chi connectivity index (χ4v) is 2.09. The van der Waals surface area contributed by atoms with Crippen molar-refractivity contribution in [3.05, 3.63) is 34.9 Å². The molecule has 0 atom stereocenters. The Labute approximate surface area is 105 Å². The van der Waals surface area contributed by atoms with Gasteiger partial charge in [0.05, 0.1) is 0 Å². The van der Waals surface area contributed by atoms with Crippen LogP contribution < -0.4 is 0 Å². The van der Waals surface area contributed by atoms with Gasteiger partial charge < -0.3 is 0 Å². The van der Waals surface area contributed by atoms with Crippen LogP contribution in [0.2, 0.25) is 0 Å². The molecule has 0 fully saturated rings. The van der Waals surface area contributed by atoms with Gasteiger partial charge in [-0.2, -0.15) is 0 Å². The van der Waals surface area contributed by atoms with Crippen LogP contribution in [0.5, 0.6) is 0 Å². The van der Waals surface area contributed by atoms with E-state index in [-0.39, 0.29) is 11.7 Å². The summed E-state index contributed by atoms with van der Waals surface area (Å²) in [5, 5.41) is 0. The number of carbonyl (C=O) groups is 1. The van der Waals surface area contributed by atoms with Crippen molar-refractivity contribution in [2.24, 2.45) is 5.92 Å². The second-order valence-corrected chi connectivity index (χ2v) is 5.67. The van der Waals surface area contributed by atoms with E-state index in [0.29, 0.717) is 11.8 Å². The number of carbonyl (C=O) groups excluding carboxylic acids is 1. The summed E-state index contributed by atoms with van der Waals surface area (Å²) in [6.45, 7) is 12.7. The van der Waals surface area contributed by atoms with Crippen molar-refractivity contribution in [2.45, 2.75) is 53.4 Å². The Morgan fingerprint density at radius 1 is 0.882 bits per heavy atom. The van der Waals surface area contributed by atoms with Crippen LogP contribution in [-0.2, 0) is 0 Å². The lowest BCUT2D eigenvalue weighted by Crippen LogP contribution is -2.09. The fourth-order valence-electron chi connectivity index (χ4n) is 2.09. The van der Waals surface area contributed by atoms with Crippen molar-refractivity contribution in [3.63, 3.8) is 0 Å². The highest BCUT2D eigenvalue weighted by atomic mass is 16.1. The van der Waals surface area contributed by atoms with E-state index in [9.17, 15) is 4.79 Å². The molecule has 1 nitrogen and oxygen atoms in total. The normalized spacial score (nSPS) is 11.6. The fraction of sp³-hybridized carbons (Fsp3) is 0.562. The maximum Gasteiger partial charge on any atom is 0.165 e. The first kappa shape index (κ1) is 14.0. The van der Waals surface area contributed by atoms with Gasteiger partial charge in [-0.1, -0.05) is 53.7 Å². The molecule has 0 bridgehead atoms. The van der Waals surface area contributed by atoms with Crippen molar-refractivity contribution in [1.29, 1.82) is 0 Å². The third-order valence-electron chi connectivity index (χ3n) is 3.14. The van der Waals surface area contributed by atoms with Gasteiger partial charge in [-0.25, -0.2) is 0 Å². The van der Waals surface area contributed by atoms with Crippen molar-refractivity contribution in [2.75, 3.05) is 0 Å². The highest BCUT2D eigenvalue weighted by Crippen LogP contribution is 2.27. The highest BCUT2D eigenvalue weighted by Gasteiger charge is 2.15. The minimum absolute atomic E-state index is 0.0694. The summed E-state index contributed by atoms with van der Waals surface area (Å²) in [6.07, 6.45) is 0. The van der Waals surface area contributed by atoms with E-state index in [2.05, 4.69) is 39.8 Å². The number of rotatable bonds is 4. The Morgan fingerprint density at radius 3 is 1.82 bits per heavy atom. The third-order valence-corrected chi connectivity index (χ3v) is 3.14. The lowest BCUT2D eigenvalue weighted by atomic mass is 9.87. The van der Waals surface area contributed by atoms with E-state index in [4.69, 9.17) is 0 Å². The summed E-state index contributed by atoms with van der Waals surface area (Å²) in [7, 11) is 0. The van der Waals surface area contributed by atoms with Crippen molar-refractivity contribution in [3.8, 4) is 0 Å². The Kier molecular flexibility index (Phi) is 4.50. The molecule has 0 aliphatic heterocycles. The number of hydrogen-bond donors (Lipinski definition) is 0. The molecular formula is C16H24O. The number of hydrogen-bond acceptors (Lipinski definition) is 1. The quantitative estimate of drug-likeness (QED) is 0.683. The maximum absolute atomic E-state index is 12.0. The lowest BCUT2D eigenvalue weighted by Gasteiger charge is -2.17. The Balaban J connectivity index is 3.23. The van der Waals surface area contributed by atoms with Crippen molar-refractivity contribution < 1.29 is 4.79 Å². The molecule has 1 heteroatoms. The average molecular weight is 232 g/mol. The van der Waals surface area contributed by atoms with Gasteiger partial charge in [-0.3, -0.25) is 4.79 Å².